The Morgan fingerprint density at radius 1 is 1.05 bits per heavy atom. The first-order chi connectivity index (χ1) is 10.6. The van der Waals surface area contributed by atoms with Gasteiger partial charge in [0.25, 0.3) is 0 Å². The van der Waals surface area contributed by atoms with Crippen molar-refractivity contribution < 1.29 is 18.7 Å². The van der Waals surface area contributed by atoms with Gasteiger partial charge >= 0.3 is 0 Å². The summed E-state index contributed by atoms with van der Waals surface area (Å²) in [6.07, 6.45) is 0.859. The van der Waals surface area contributed by atoms with E-state index in [1.54, 1.807) is 44.6 Å². The average molecular weight is 303 g/mol. The van der Waals surface area contributed by atoms with Gasteiger partial charge < -0.3 is 14.8 Å². The Morgan fingerprint density at radius 2 is 1.64 bits per heavy atom. The fourth-order valence-corrected chi connectivity index (χ4v) is 2.01. The molecule has 0 aliphatic heterocycles. The standard InChI is InChI=1S/C17H18FNO3/c1-21-15-9-14(10-16(11-15)22-2)19-17(20)8-5-12-3-6-13(18)7-4-12/h3-4,6-7,9-11H,5,8H2,1-2H3,(H,19,20). The maximum absolute atomic E-state index is 12.8. The molecular weight excluding hydrogens is 285 g/mol. The van der Waals surface area contributed by atoms with Crippen LogP contribution < -0.4 is 14.8 Å². The fourth-order valence-electron chi connectivity index (χ4n) is 2.01. The van der Waals surface area contributed by atoms with Gasteiger partial charge in [0.1, 0.15) is 17.3 Å². The number of anilines is 1. The number of benzene rings is 2. The van der Waals surface area contributed by atoms with E-state index in [2.05, 4.69) is 5.32 Å². The summed E-state index contributed by atoms with van der Waals surface area (Å²) >= 11 is 0. The van der Waals surface area contributed by atoms with Gasteiger partial charge in [0.2, 0.25) is 5.91 Å². The lowest BCUT2D eigenvalue weighted by atomic mass is 10.1. The first-order valence-corrected chi connectivity index (χ1v) is 6.88. The smallest absolute Gasteiger partial charge is 0.224 e. The topological polar surface area (TPSA) is 47.6 Å². The van der Waals surface area contributed by atoms with Crippen LogP contribution in [0.5, 0.6) is 11.5 Å². The van der Waals surface area contributed by atoms with Crippen LogP contribution in [0, 0.1) is 5.82 Å². The van der Waals surface area contributed by atoms with E-state index in [9.17, 15) is 9.18 Å². The number of nitrogens with one attached hydrogen (secondary N) is 1. The second-order valence-corrected chi connectivity index (χ2v) is 4.78. The van der Waals surface area contributed by atoms with Crippen LogP contribution in [0.4, 0.5) is 10.1 Å². The highest BCUT2D eigenvalue weighted by Gasteiger charge is 2.07. The number of carbonyl (C=O) groups excluding carboxylic acids is 1. The van der Waals surface area contributed by atoms with E-state index in [4.69, 9.17) is 9.47 Å². The molecule has 2 aromatic rings. The molecule has 0 radical (unpaired) electrons. The van der Waals surface area contributed by atoms with Crippen molar-refractivity contribution in [2.45, 2.75) is 12.8 Å². The lowest BCUT2D eigenvalue weighted by Crippen LogP contribution is -2.12. The minimum Gasteiger partial charge on any atom is -0.497 e. The van der Waals surface area contributed by atoms with E-state index in [1.165, 1.54) is 12.1 Å². The first kappa shape index (κ1) is 15.8. The largest absolute Gasteiger partial charge is 0.497 e. The number of rotatable bonds is 6. The molecule has 0 fully saturated rings. The number of hydrogen-bond acceptors (Lipinski definition) is 3. The average Bonchev–Trinajstić information content (AvgIpc) is 2.54. The molecule has 22 heavy (non-hydrogen) atoms. The predicted molar refractivity (Wildman–Crippen MR) is 82.9 cm³/mol. The maximum atomic E-state index is 12.8. The lowest BCUT2D eigenvalue weighted by Gasteiger charge is -2.10. The molecule has 0 aliphatic carbocycles. The van der Waals surface area contributed by atoms with Gasteiger partial charge in [-0.05, 0) is 24.1 Å². The molecule has 2 aromatic carbocycles. The van der Waals surface area contributed by atoms with E-state index in [-0.39, 0.29) is 11.7 Å². The first-order valence-electron chi connectivity index (χ1n) is 6.88. The van der Waals surface area contributed by atoms with Crippen LogP contribution >= 0.6 is 0 Å². The number of halogens is 1. The van der Waals surface area contributed by atoms with E-state index in [0.717, 1.165) is 5.56 Å². The molecule has 0 heterocycles. The molecule has 1 amide bonds. The molecule has 5 heteroatoms. The molecule has 2 rings (SSSR count). The van der Waals surface area contributed by atoms with Gasteiger partial charge in [0, 0.05) is 30.3 Å². The highest BCUT2D eigenvalue weighted by atomic mass is 19.1. The molecule has 0 saturated carbocycles. The third-order valence-electron chi connectivity index (χ3n) is 3.19. The zero-order chi connectivity index (χ0) is 15.9. The van der Waals surface area contributed by atoms with Crippen LogP contribution in [0.15, 0.2) is 42.5 Å². The Bertz CT molecular complexity index is 619. The molecule has 0 unspecified atom stereocenters. The Labute approximate surface area is 128 Å². The molecule has 4 nitrogen and oxygen atoms in total. The van der Waals surface area contributed by atoms with Crippen molar-refractivity contribution in [3.05, 3.63) is 53.8 Å². The second-order valence-electron chi connectivity index (χ2n) is 4.78. The van der Waals surface area contributed by atoms with E-state index >= 15 is 0 Å². The summed E-state index contributed by atoms with van der Waals surface area (Å²) in [5.41, 5.74) is 1.53. The number of carbonyl (C=O) groups is 1. The highest BCUT2D eigenvalue weighted by Crippen LogP contribution is 2.25. The number of methoxy groups -OCH3 is 2. The van der Waals surface area contributed by atoms with Gasteiger partial charge in [-0.3, -0.25) is 4.79 Å². The Kier molecular flexibility index (Phi) is 5.36. The molecule has 0 saturated heterocycles. The Morgan fingerprint density at radius 3 is 2.18 bits per heavy atom. The van der Waals surface area contributed by atoms with Crippen LogP contribution in [0.25, 0.3) is 0 Å². The summed E-state index contributed by atoms with van der Waals surface area (Å²) in [4.78, 5) is 12.0. The van der Waals surface area contributed by atoms with Gasteiger partial charge in [-0.2, -0.15) is 0 Å². The van der Waals surface area contributed by atoms with Crippen molar-refractivity contribution in [1.82, 2.24) is 0 Å². The summed E-state index contributed by atoms with van der Waals surface area (Å²) in [5, 5.41) is 2.80. The number of amides is 1. The predicted octanol–water partition coefficient (Wildman–Crippen LogP) is 3.41. The molecule has 0 aliphatic rings. The summed E-state index contributed by atoms with van der Waals surface area (Å²) < 4.78 is 23.1. The van der Waals surface area contributed by atoms with Crippen molar-refractivity contribution in [1.29, 1.82) is 0 Å². The van der Waals surface area contributed by atoms with Gasteiger partial charge in [-0.15, -0.1) is 0 Å². The molecule has 0 spiro atoms. The van der Waals surface area contributed by atoms with Crippen LogP contribution in [0.3, 0.4) is 0 Å². The quantitative estimate of drug-likeness (QED) is 0.889. The summed E-state index contributed by atoms with van der Waals surface area (Å²) in [6.45, 7) is 0. The van der Waals surface area contributed by atoms with E-state index in [0.29, 0.717) is 30.0 Å². The fraction of sp³-hybridized carbons (Fsp3) is 0.235. The zero-order valence-corrected chi connectivity index (χ0v) is 12.6. The van der Waals surface area contributed by atoms with Crippen LogP contribution in [-0.4, -0.2) is 20.1 Å². The maximum Gasteiger partial charge on any atom is 0.224 e. The lowest BCUT2D eigenvalue weighted by molar-refractivity contribution is -0.116. The van der Waals surface area contributed by atoms with Gasteiger partial charge in [0.05, 0.1) is 14.2 Å². The third-order valence-corrected chi connectivity index (χ3v) is 3.19. The molecule has 0 bridgehead atoms. The number of hydrogen-bond donors (Lipinski definition) is 1. The van der Waals surface area contributed by atoms with Crippen LogP contribution in [-0.2, 0) is 11.2 Å². The highest BCUT2D eigenvalue weighted by molar-refractivity contribution is 5.91. The molecule has 116 valence electrons. The van der Waals surface area contributed by atoms with E-state index in [1.807, 2.05) is 0 Å². The van der Waals surface area contributed by atoms with Crippen LogP contribution in [0.1, 0.15) is 12.0 Å². The van der Waals surface area contributed by atoms with Gasteiger partial charge in [-0.25, -0.2) is 4.39 Å². The molecule has 0 atom stereocenters. The van der Waals surface area contributed by atoms with Crippen molar-refractivity contribution in [3.63, 3.8) is 0 Å². The van der Waals surface area contributed by atoms with Gasteiger partial charge in [0.15, 0.2) is 0 Å². The summed E-state index contributed by atoms with van der Waals surface area (Å²) in [5.74, 6) is 0.803. The normalized spacial score (nSPS) is 10.1. The van der Waals surface area contributed by atoms with Crippen molar-refractivity contribution in [2.75, 3.05) is 19.5 Å². The second kappa shape index (κ2) is 7.45. The molecule has 1 N–H and O–H groups in total. The van der Waals surface area contributed by atoms with E-state index < -0.39 is 0 Å². The SMILES string of the molecule is COc1cc(NC(=O)CCc2ccc(F)cc2)cc(OC)c1. The van der Waals surface area contributed by atoms with Gasteiger partial charge in [-0.1, -0.05) is 12.1 Å². The third kappa shape index (κ3) is 4.48. The summed E-state index contributed by atoms with van der Waals surface area (Å²) in [6, 6.07) is 11.3. The Balaban J connectivity index is 1.95. The number of ether oxygens (including phenoxy) is 2. The minimum atomic E-state index is -0.281. The summed E-state index contributed by atoms with van der Waals surface area (Å²) in [7, 11) is 3.10. The number of aryl methyl sites for hydroxylation is 1. The zero-order valence-electron chi connectivity index (χ0n) is 12.6. The monoisotopic (exact) mass is 303 g/mol. The molecular formula is C17H18FNO3. The van der Waals surface area contributed by atoms with Crippen molar-refractivity contribution in [3.8, 4) is 11.5 Å². The van der Waals surface area contributed by atoms with Crippen molar-refractivity contribution in [2.24, 2.45) is 0 Å². The molecule has 0 aromatic heterocycles. The van der Waals surface area contributed by atoms with Crippen LogP contribution in [0.2, 0.25) is 0 Å². The minimum absolute atomic E-state index is 0.125. The van der Waals surface area contributed by atoms with Crippen molar-refractivity contribution >= 4 is 11.6 Å². The Hall–Kier alpha value is -2.56.